The summed E-state index contributed by atoms with van der Waals surface area (Å²) in [5.74, 6) is 0. The predicted octanol–water partition coefficient (Wildman–Crippen LogP) is 12.4. The van der Waals surface area contributed by atoms with Crippen LogP contribution in [0.3, 0.4) is 0 Å². The van der Waals surface area contributed by atoms with Gasteiger partial charge < -0.3 is 0 Å². The van der Waals surface area contributed by atoms with Gasteiger partial charge in [0.25, 0.3) is 0 Å². The molecule has 0 aliphatic rings. The maximum atomic E-state index is 2.37. The molecule has 0 aliphatic carbocycles. The minimum Gasteiger partial charge on any atom is -0.128 e. The molecular weight excluding hydrogens is 545 g/mol. The van der Waals surface area contributed by atoms with Gasteiger partial charge in [0.1, 0.15) is 0 Å². The number of benzene rings is 9. The monoisotopic (exact) mass is 570 g/mol. The van der Waals surface area contributed by atoms with Crippen molar-refractivity contribution in [2.75, 3.05) is 12.5 Å². The van der Waals surface area contributed by atoms with Crippen LogP contribution in [0.2, 0.25) is 0 Å². The molecule has 9 aromatic rings. The molecule has 0 saturated carbocycles. The van der Waals surface area contributed by atoms with Crippen LogP contribution in [0, 0.1) is 0 Å². The zero-order valence-corrected chi connectivity index (χ0v) is 25.0. The Morgan fingerprint density at radius 3 is 0.667 bits per heavy atom. The fourth-order valence-electron chi connectivity index (χ4n) is 6.78. The largest absolute Gasteiger partial charge is 0.128 e. The van der Waals surface area contributed by atoms with E-state index in [1.807, 2.05) is 23.5 Å². The smallest absolute Gasteiger partial charge is 0.0211 e. The summed E-state index contributed by atoms with van der Waals surface area (Å²) in [6, 6.07) is 46.3. The van der Waals surface area contributed by atoms with Crippen LogP contribution in [0.1, 0.15) is 0 Å². The fraction of sp³-hybridized carbons (Fsp3) is 0.0500. The molecule has 0 fully saturated rings. The lowest BCUT2D eigenvalue weighted by Crippen LogP contribution is -1.84. The second-order valence-corrected chi connectivity index (χ2v) is 13.1. The Labute approximate surface area is 252 Å². The van der Waals surface area contributed by atoms with Gasteiger partial charge in [0.05, 0.1) is 0 Å². The van der Waals surface area contributed by atoms with Crippen LogP contribution >= 0.6 is 23.5 Å². The summed E-state index contributed by atoms with van der Waals surface area (Å²) in [5, 5.41) is 20.7. The van der Waals surface area contributed by atoms with Gasteiger partial charge in [-0.15, -0.1) is 23.5 Å². The highest BCUT2D eigenvalue weighted by molar-refractivity contribution is 8.01. The van der Waals surface area contributed by atoms with Crippen molar-refractivity contribution in [3.63, 3.8) is 0 Å². The lowest BCUT2D eigenvalue weighted by Gasteiger charge is -2.11. The number of hydrogen-bond acceptors (Lipinski definition) is 2. The van der Waals surface area contributed by atoms with E-state index in [-0.39, 0.29) is 0 Å². The quantitative estimate of drug-likeness (QED) is 0.150. The molecule has 0 aliphatic heterocycles. The first-order chi connectivity index (χ1) is 20.6. The summed E-state index contributed by atoms with van der Waals surface area (Å²) in [6.07, 6.45) is 4.33. The zero-order valence-electron chi connectivity index (χ0n) is 23.4. The molecule has 9 aromatic carbocycles. The third-order valence-corrected chi connectivity index (χ3v) is 10.6. The second kappa shape index (κ2) is 9.13. The maximum Gasteiger partial charge on any atom is 0.0211 e. The minimum atomic E-state index is 1.29. The van der Waals surface area contributed by atoms with E-state index < -0.39 is 0 Å². The topological polar surface area (TPSA) is 0 Å². The summed E-state index contributed by atoms with van der Waals surface area (Å²) in [6.45, 7) is 0. The van der Waals surface area contributed by atoms with Crippen molar-refractivity contribution in [3.8, 4) is 0 Å². The summed E-state index contributed by atoms with van der Waals surface area (Å²) in [4.78, 5) is 2.70. The van der Waals surface area contributed by atoms with Crippen molar-refractivity contribution in [2.45, 2.75) is 9.79 Å². The Bertz CT molecular complexity index is 2420. The molecule has 0 spiro atoms. The molecule has 198 valence electrons. The first-order valence-electron chi connectivity index (χ1n) is 14.3. The molecule has 0 heterocycles. The van der Waals surface area contributed by atoms with E-state index in [1.165, 1.54) is 96.0 Å². The highest BCUT2D eigenvalue weighted by atomic mass is 32.2. The normalized spacial score (nSPS) is 12.2. The van der Waals surface area contributed by atoms with Gasteiger partial charge in [-0.3, -0.25) is 0 Å². The minimum absolute atomic E-state index is 1.29. The van der Waals surface area contributed by atoms with Crippen molar-refractivity contribution >= 4 is 110 Å². The Morgan fingerprint density at radius 2 is 0.452 bits per heavy atom. The van der Waals surface area contributed by atoms with Gasteiger partial charge in [0.2, 0.25) is 0 Å². The van der Waals surface area contributed by atoms with Crippen LogP contribution in [0.5, 0.6) is 0 Å². The van der Waals surface area contributed by atoms with Gasteiger partial charge in [0.15, 0.2) is 0 Å². The average Bonchev–Trinajstić information content (AvgIpc) is 3.01. The molecule has 2 heteroatoms. The highest BCUT2D eigenvalue weighted by Crippen LogP contribution is 2.37. The van der Waals surface area contributed by atoms with Crippen molar-refractivity contribution < 1.29 is 0 Å². The van der Waals surface area contributed by atoms with Crippen LogP contribution in [0.15, 0.2) is 131 Å². The summed E-state index contributed by atoms with van der Waals surface area (Å²) in [5.41, 5.74) is 0. The van der Waals surface area contributed by atoms with E-state index >= 15 is 0 Å². The molecule has 42 heavy (non-hydrogen) atoms. The molecule has 0 atom stereocenters. The predicted molar refractivity (Wildman–Crippen MR) is 190 cm³/mol. The third kappa shape index (κ3) is 3.79. The summed E-state index contributed by atoms with van der Waals surface area (Å²) < 4.78 is 0. The average molecular weight is 571 g/mol. The number of thioether (sulfide) groups is 2. The van der Waals surface area contributed by atoms with E-state index in [4.69, 9.17) is 0 Å². The molecule has 0 amide bonds. The fourth-order valence-corrected chi connectivity index (χ4v) is 8.29. The Hall–Kier alpha value is -4.24. The van der Waals surface area contributed by atoms with Gasteiger partial charge in [-0.25, -0.2) is 0 Å². The molecule has 0 radical (unpaired) electrons. The van der Waals surface area contributed by atoms with Crippen LogP contribution < -0.4 is 0 Å². The van der Waals surface area contributed by atoms with E-state index in [1.54, 1.807) is 0 Å². The molecule has 0 N–H and O–H groups in total. The van der Waals surface area contributed by atoms with Crippen LogP contribution in [-0.4, -0.2) is 12.5 Å². The first kappa shape index (κ1) is 24.4. The molecular formula is C40H26S2. The zero-order chi connectivity index (χ0) is 27.9. The molecule has 0 saturated heterocycles. The molecule has 0 aromatic heterocycles. The van der Waals surface area contributed by atoms with Gasteiger partial charge in [-0.1, -0.05) is 24.3 Å². The Morgan fingerprint density at radius 1 is 0.262 bits per heavy atom. The first-order valence-corrected chi connectivity index (χ1v) is 16.7. The van der Waals surface area contributed by atoms with Crippen molar-refractivity contribution in [1.82, 2.24) is 0 Å². The highest BCUT2D eigenvalue weighted by Gasteiger charge is 2.09. The SMILES string of the molecule is CSc1cc2cc3cc4cc5cc6cc7cc8cc9ccccc9cc8cc7cc6cc5cc4cc3cc2cc1SC. The molecule has 9 rings (SSSR count). The lowest BCUT2D eigenvalue weighted by molar-refractivity contribution is 1.29. The molecule has 0 bridgehead atoms. The van der Waals surface area contributed by atoms with E-state index in [9.17, 15) is 0 Å². The Kier molecular flexibility index (Phi) is 5.30. The number of fused-ring (bicyclic) bond motifs is 8. The Balaban J connectivity index is 1.24. The molecule has 0 nitrogen and oxygen atoms in total. The maximum absolute atomic E-state index is 2.37. The van der Waals surface area contributed by atoms with Gasteiger partial charge in [-0.2, -0.15) is 0 Å². The van der Waals surface area contributed by atoms with Crippen molar-refractivity contribution in [2.24, 2.45) is 0 Å². The van der Waals surface area contributed by atoms with Gasteiger partial charge in [-0.05, 0) is 196 Å². The third-order valence-electron chi connectivity index (χ3n) is 8.94. The number of hydrogen-bond donors (Lipinski definition) is 0. The van der Waals surface area contributed by atoms with Crippen molar-refractivity contribution in [1.29, 1.82) is 0 Å². The lowest BCUT2D eigenvalue weighted by atomic mass is 9.94. The standard InChI is InChI=1S/C40H26S2/c1-41-39-21-37-19-35-17-33-15-31-13-29-11-27-9-25-7-23-5-3-4-6-24(23)8-26(25)10-28(27)12-30(29)14-32(31)16-34(33)18-36(35)20-38(37)22-40(39)42-2/h3-22H,1-2H3. The summed E-state index contributed by atoms with van der Waals surface area (Å²) in [7, 11) is 0. The van der Waals surface area contributed by atoms with Crippen LogP contribution in [0.25, 0.3) is 86.2 Å². The van der Waals surface area contributed by atoms with Crippen LogP contribution in [0.4, 0.5) is 0 Å². The molecule has 0 unspecified atom stereocenters. The van der Waals surface area contributed by atoms with E-state index in [2.05, 4.69) is 134 Å². The van der Waals surface area contributed by atoms with Gasteiger partial charge >= 0.3 is 0 Å². The van der Waals surface area contributed by atoms with E-state index in [0.29, 0.717) is 0 Å². The van der Waals surface area contributed by atoms with Gasteiger partial charge in [0, 0.05) is 9.79 Å². The van der Waals surface area contributed by atoms with Crippen molar-refractivity contribution in [3.05, 3.63) is 121 Å². The van der Waals surface area contributed by atoms with E-state index in [0.717, 1.165) is 0 Å². The second-order valence-electron chi connectivity index (χ2n) is 11.4. The number of rotatable bonds is 2. The van der Waals surface area contributed by atoms with Crippen LogP contribution in [-0.2, 0) is 0 Å². The summed E-state index contributed by atoms with van der Waals surface area (Å²) >= 11 is 3.65.